The molecule has 0 radical (unpaired) electrons. The van der Waals surface area contributed by atoms with Crippen molar-refractivity contribution in [2.75, 3.05) is 13.1 Å². The molecule has 2 fully saturated rings. The highest BCUT2D eigenvalue weighted by Crippen LogP contribution is 2.56. The number of hydrogen-bond donors (Lipinski definition) is 1. The van der Waals surface area contributed by atoms with E-state index in [1.54, 1.807) is 17.5 Å². The van der Waals surface area contributed by atoms with Gasteiger partial charge in [-0.05, 0) is 71.7 Å². The first-order valence-electron chi connectivity index (χ1n) is 7.59. The first kappa shape index (κ1) is 14.3. The number of aromatic nitrogens is 2. The summed E-state index contributed by atoms with van der Waals surface area (Å²) in [6.07, 6.45) is 5.07. The fourth-order valence-electron chi connectivity index (χ4n) is 3.53. The van der Waals surface area contributed by atoms with Gasteiger partial charge in [0.1, 0.15) is 4.88 Å². The van der Waals surface area contributed by atoms with Crippen molar-refractivity contribution >= 4 is 28.8 Å². The second-order valence-corrected chi connectivity index (χ2v) is 7.74. The fraction of sp³-hybridized carbons (Fsp3) is 0.533. The summed E-state index contributed by atoms with van der Waals surface area (Å²) < 4.78 is 3.84. The van der Waals surface area contributed by atoms with Crippen LogP contribution < -0.4 is 5.32 Å². The monoisotopic (exact) mass is 334 g/mol. The number of rotatable bonds is 4. The molecule has 4 rings (SSSR count). The molecule has 3 heterocycles. The molecule has 7 heteroatoms. The van der Waals surface area contributed by atoms with E-state index in [2.05, 4.69) is 36.6 Å². The maximum atomic E-state index is 12.9. The highest BCUT2D eigenvalue weighted by atomic mass is 32.1. The van der Waals surface area contributed by atoms with Crippen LogP contribution in [0.25, 0.3) is 0 Å². The van der Waals surface area contributed by atoms with Crippen LogP contribution in [0.15, 0.2) is 23.0 Å². The lowest BCUT2D eigenvalue weighted by molar-refractivity contribution is 0.0697. The fourth-order valence-corrected chi connectivity index (χ4v) is 4.67. The number of piperidine rings is 1. The third kappa shape index (κ3) is 2.57. The second kappa shape index (κ2) is 5.72. The van der Waals surface area contributed by atoms with Gasteiger partial charge in [-0.3, -0.25) is 4.79 Å². The lowest BCUT2D eigenvalue weighted by Crippen LogP contribution is -2.38. The van der Waals surface area contributed by atoms with Crippen LogP contribution in [-0.2, 0) is 6.54 Å². The normalized spacial score (nSPS) is 22.6. The molecule has 2 aromatic rings. The van der Waals surface area contributed by atoms with Crippen molar-refractivity contribution in [1.29, 1.82) is 0 Å². The smallest absolute Gasteiger partial charge is 0.267 e. The predicted octanol–water partition coefficient (Wildman–Crippen LogP) is 2.38. The summed E-state index contributed by atoms with van der Waals surface area (Å²) in [7, 11) is 0. The minimum absolute atomic E-state index is 0.0848. The lowest BCUT2D eigenvalue weighted by Gasteiger charge is -2.29. The Hall–Kier alpha value is -1.31. The second-order valence-electron chi connectivity index (χ2n) is 6.18. The van der Waals surface area contributed by atoms with Crippen LogP contribution in [0.2, 0.25) is 0 Å². The number of nitrogens with one attached hydrogen (secondary N) is 1. The summed E-state index contributed by atoms with van der Waals surface area (Å²) in [5.74, 6) is 0.0848. The Morgan fingerprint density at radius 2 is 2.32 bits per heavy atom. The standard InChI is InChI=1S/C15H18N4OS2/c20-14(12-8-17-18-22-12)19(9-11-1-6-21-10-11)13-7-15(13)2-4-16-5-3-15/h1,6,8,10,13,16H,2-5,7,9H2/t13-/m1/s1. The van der Waals surface area contributed by atoms with E-state index in [1.807, 2.05) is 0 Å². The van der Waals surface area contributed by atoms with Crippen molar-refractivity contribution in [3.05, 3.63) is 33.5 Å². The van der Waals surface area contributed by atoms with Crippen LogP contribution in [-0.4, -0.2) is 39.5 Å². The quantitative estimate of drug-likeness (QED) is 0.933. The van der Waals surface area contributed by atoms with Gasteiger partial charge in [-0.25, -0.2) is 0 Å². The molecule has 0 bridgehead atoms. The van der Waals surface area contributed by atoms with Crippen molar-refractivity contribution in [3.8, 4) is 0 Å². The van der Waals surface area contributed by atoms with E-state index in [4.69, 9.17) is 0 Å². The van der Waals surface area contributed by atoms with Gasteiger partial charge < -0.3 is 10.2 Å². The molecule has 1 amide bonds. The Balaban J connectivity index is 1.57. The van der Waals surface area contributed by atoms with E-state index < -0.39 is 0 Å². The summed E-state index contributed by atoms with van der Waals surface area (Å²) in [5.41, 5.74) is 1.56. The number of amides is 1. The van der Waals surface area contributed by atoms with Crippen LogP contribution in [0.3, 0.4) is 0 Å². The molecule has 1 spiro atoms. The Morgan fingerprint density at radius 3 is 3.00 bits per heavy atom. The molecule has 1 N–H and O–H groups in total. The van der Waals surface area contributed by atoms with Crippen molar-refractivity contribution in [2.24, 2.45) is 5.41 Å². The molecule has 0 unspecified atom stereocenters. The molecule has 1 aliphatic heterocycles. The van der Waals surface area contributed by atoms with Crippen LogP contribution in [0.4, 0.5) is 0 Å². The largest absolute Gasteiger partial charge is 0.330 e. The van der Waals surface area contributed by atoms with Crippen molar-refractivity contribution in [3.63, 3.8) is 0 Å². The van der Waals surface area contributed by atoms with Gasteiger partial charge in [0, 0.05) is 12.6 Å². The highest BCUT2D eigenvalue weighted by molar-refractivity contribution is 7.08. The third-order valence-corrected chi connectivity index (χ3v) is 6.27. The summed E-state index contributed by atoms with van der Waals surface area (Å²) in [5, 5.41) is 11.4. The predicted molar refractivity (Wildman–Crippen MR) is 87.0 cm³/mol. The minimum Gasteiger partial charge on any atom is -0.330 e. The van der Waals surface area contributed by atoms with Gasteiger partial charge in [-0.2, -0.15) is 11.3 Å². The van der Waals surface area contributed by atoms with E-state index in [-0.39, 0.29) is 5.91 Å². The Bertz CT molecular complexity index is 635. The molecule has 1 aliphatic carbocycles. The zero-order valence-electron chi connectivity index (χ0n) is 12.2. The van der Waals surface area contributed by atoms with Crippen molar-refractivity contribution in [1.82, 2.24) is 19.8 Å². The van der Waals surface area contributed by atoms with Gasteiger partial charge in [0.15, 0.2) is 0 Å². The molecule has 1 atom stereocenters. The maximum Gasteiger partial charge on any atom is 0.267 e. The number of carbonyl (C=O) groups excluding carboxylic acids is 1. The first-order valence-corrected chi connectivity index (χ1v) is 9.30. The molecular weight excluding hydrogens is 316 g/mol. The van der Waals surface area contributed by atoms with Crippen molar-refractivity contribution < 1.29 is 4.79 Å². The maximum absolute atomic E-state index is 12.9. The van der Waals surface area contributed by atoms with E-state index in [9.17, 15) is 4.79 Å². The molecule has 2 aliphatic rings. The molecule has 1 saturated carbocycles. The molecule has 22 heavy (non-hydrogen) atoms. The van der Waals surface area contributed by atoms with Crippen molar-refractivity contribution in [2.45, 2.75) is 31.8 Å². The molecule has 2 aromatic heterocycles. The minimum atomic E-state index is 0.0848. The average molecular weight is 334 g/mol. The van der Waals surface area contributed by atoms with Crippen LogP contribution in [0.5, 0.6) is 0 Å². The van der Waals surface area contributed by atoms with Gasteiger partial charge in [0.05, 0.1) is 6.20 Å². The zero-order chi connectivity index (χ0) is 15.0. The lowest BCUT2D eigenvalue weighted by atomic mass is 9.93. The first-order chi connectivity index (χ1) is 10.8. The number of thiophene rings is 1. The number of nitrogens with zero attached hydrogens (tertiary/aromatic N) is 3. The summed E-state index contributed by atoms with van der Waals surface area (Å²) >= 11 is 2.87. The molecule has 1 saturated heterocycles. The zero-order valence-corrected chi connectivity index (χ0v) is 13.8. The molecule has 5 nitrogen and oxygen atoms in total. The van der Waals surface area contributed by atoms with Crippen LogP contribution >= 0.6 is 22.9 Å². The molecule has 0 aromatic carbocycles. The van der Waals surface area contributed by atoms with Crippen LogP contribution in [0.1, 0.15) is 34.5 Å². The van der Waals surface area contributed by atoms with E-state index in [1.165, 1.54) is 29.9 Å². The van der Waals surface area contributed by atoms with Gasteiger partial charge in [-0.15, -0.1) is 5.10 Å². The Morgan fingerprint density at radius 1 is 1.45 bits per heavy atom. The van der Waals surface area contributed by atoms with E-state index in [0.717, 1.165) is 19.5 Å². The summed E-state index contributed by atoms with van der Waals surface area (Å²) in [6.45, 7) is 2.83. The summed E-state index contributed by atoms with van der Waals surface area (Å²) in [6, 6.07) is 2.47. The summed E-state index contributed by atoms with van der Waals surface area (Å²) in [4.78, 5) is 15.6. The third-order valence-electron chi connectivity index (χ3n) is 4.89. The Kier molecular flexibility index (Phi) is 3.71. The van der Waals surface area contributed by atoms with Crippen LogP contribution in [0, 0.1) is 5.41 Å². The van der Waals surface area contributed by atoms with E-state index >= 15 is 0 Å². The topological polar surface area (TPSA) is 58.1 Å². The number of carbonyl (C=O) groups is 1. The van der Waals surface area contributed by atoms with Gasteiger partial charge in [0.2, 0.25) is 0 Å². The average Bonchev–Trinajstić information content (AvgIpc) is 3.02. The molecular formula is C15H18N4OS2. The highest BCUT2D eigenvalue weighted by Gasteiger charge is 2.57. The SMILES string of the molecule is O=C(c1cnns1)N(Cc1ccsc1)[C@@H]1CC12CCNCC2. The molecule has 116 valence electrons. The number of hydrogen-bond acceptors (Lipinski definition) is 6. The van der Waals surface area contributed by atoms with Gasteiger partial charge >= 0.3 is 0 Å². The Labute approximate surface area is 137 Å². The van der Waals surface area contributed by atoms with Gasteiger partial charge in [0.25, 0.3) is 5.91 Å². The van der Waals surface area contributed by atoms with E-state index in [0.29, 0.717) is 22.9 Å². The van der Waals surface area contributed by atoms with Gasteiger partial charge in [-0.1, -0.05) is 4.49 Å².